The molecule has 0 unspecified atom stereocenters. The van der Waals surface area contributed by atoms with E-state index in [0.717, 1.165) is 31.0 Å². The first-order valence-electron chi connectivity index (χ1n) is 8.56. The van der Waals surface area contributed by atoms with Crippen molar-refractivity contribution in [2.75, 3.05) is 31.9 Å². The number of amides is 1. The summed E-state index contributed by atoms with van der Waals surface area (Å²) in [6.07, 6.45) is 3.61. The molecule has 1 aromatic rings. The summed E-state index contributed by atoms with van der Waals surface area (Å²) in [5, 5.41) is 4.31. The molecule has 0 aromatic heterocycles. The largest absolute Gasteiger partial charge is 0.355 e. The zero-order chi connectivity index (χ0) is 17.4. The van der Waals surface area contributed by atoms with Gasteiger partial charge in [0.15, 0.2) is 0 Å². The number of benzene rings is 1. The van der Waals surface area contributed by atoms with Crippen LogP contribution in [0, 0.1) is 5.92 Å². The van der Waals surface area contributed by atoms with Crippen LogP contribution in [0.4, 0.5) is 0 Å². The van der Waals surface area contributed by atoms with Crippen LogP contribution < -0.4 is 5.32 Å². The van der Waals surface area contributed by atoms with Gasteiger partial charge in [-0.1, -0.05) is 36.2 Å². The molecule has 3 nitrogen and oxygen atoms in total. The second-order valence-electron chi connectivity index (χ2n) is 6.42. The maximum Gasteiger partial charge on any atom is 0.230 e. The van der Waals surface area contributed by atoms with Crippen LogP contribution in [0.5, 0.6) is 0 Å². The van der Waals surface area contributed by atoms with Gasteiger partial charge in [-0.15, -0.1) is 11.8 Å². The van der Waals surface area contributed by atoms with Crippen LogP contribution >= 0.6 is 35.0 Å². The predicted octanol–water partition coefficient (Wildman–Crippen LogP) is 4.46. The Balaban J connectivity index is 1.55. The molecular formula is C18H26Cl2N2OS. The standard InChI is InChI=1S/C18H26Cl2N2OS/c1-14-6-10-22(11-7-14)9-3-8-21-18(23)13-24-12-15-16(19)4-2-5-17(15)20/h2,4-5,14H,3,6-13H2,1H3,(H,21,23). The van der Waals surface area contributed by atoms with Crippen molar-refractivity contribution in [3.05, 3.63) is 33.8 Å². The number of nitrogens with one attached hydrogen (secondary N) is 1. The van der Waals surface area contributed by atoms with Gasteiger partial charge in [-0.25, -0.2) is 0 Å². The van der Waals surface area contributed by atoms with Crippen molar-refractivity contribution in [3.63, 3.8) is 0 Å². The molecule has 1 N–H and O–H groups in total. The number of carbonyl (C=O) groups is 1. The lowest BCUT2D eigenvalue weighted by molar-refractivity contribution is -0.118. The summed E-state index contributed by atoms with van der Waals surface area (Å²) in [5.74, 6) is 2.03. The van der Waals surface area contributed by atoms with Crippen molar-refractivity contribution in [1.82, 2.24) is 10.2 Å². The summed E-state index contributed by atoms with van der Waals surface area (Å²) >= 11 is 13.8. The molecule has 2 rings (SSSR count). The van der Waals surface area contributed by atoms with E-state index in [1.165, 1.54) is 37.7 Å². The molecule has 0 bridgehead atoms. The van der Waals surface area contributed by atoms with Gasteiger partial charge < -0.3 is 10.2 Å². The van der Waals surface area contributed by atoms with Gasteiger partial charge in [-0.3, -0.25) is 4.79 Å². The van der Waals surface area contributed by atoms with Crippen molar-refractivity contribution in [3.8, 4) is 0 Å². The highest BCUT2D eigenvalue weighted by molar-refractivity contribution is 7.99. The highest BCUT2D eigenvalue weighted by Crippen LogP contribution is 2.28. The SMILES string of the molecule is CC1CCN(CCCNC(=O)CSCc2c(Cl)cccc2Cl)CC1. The van der Waals surface area contributed by atoms with E-state index in [-0.39, 0.29) is 5.91 Å². The number of hydrogen-bond donors (Lipinski definition) is 1. The average Bonchev–Trinajstić information content (AvgIpc) is 2.56. The molecule has 1 saturated heterocycles. The lowest BCUT2D eigenvalue weighted by atomic mass is 9.99. The number of hydrogen-bond acceptors (Lipinski definition) is 3. The molecule has 0 spiro atoms. The number of thioether (sulfide) groups is 1. The van der Waals surface area contributed by atoms with Gasteiger partial charge in [-0.05, 0) is 62.5 Å². The third-order valence-corrected chi connectivity index (χ3v) is 6.06. The molecule has 1 amide bonds. The molecule has 0 saturated carbocycles. The van der Waals surface area contributed by atoms with Gasteiger partial charge in [0.05, 0.1) is 5.75 Å². The van der Waals surface area contributed by atoms with E-state index in [1.54, 1.807) is 0 Å². The summed E-state index contributed by atoms with van der Waals surface area (Å²) in [5.41, 5.74) is 0.901. The Kier molecular flexibility index (Phi) is 8.74. The van der Waals surface area contributed by atoms with Crippen LogP contribution in [0.2, 0.25) is 10.0 Å². The number of halogens is 2. The Hall–Kier alpha value is -0.420. The lowest BCUT2D eigenvalue weighted by Crippen LogP contribution is -2.35. The number of carbonyl (C=O) groups excluding carboxylic acids is 1. The fourth-order valence-corrected chi connectivity index (χ4v) is 4.38. The highest BCUT2D eigenvalue weighted by Gasteiger charge is 2.14. The minimum absolute atomic E-state index is 0.0791. The molecular weight excluding hydrogens is 363 g/mol. The molecule has 1 aromatic carbocycles. The minimum atomic E-state index is 0.0791. The van der Waals surface area contributed by atoms with E-state index in [1.807, 2.05) is 18.2 Å². The van der Waals surface area contributed by atoms with Gasteiger partial charge >= 0.3 is 0 Å². The summed E-state index contributed by atoms with van der Waals surface area (Å²) < 4.78 is 0. The minimum Gasteiger partial charge on any atom is -0.355 e. The molecule has 1 aliphatic rings. The molecule has 0 aliphatic carbocycles. The topological polar surface area (TPSA) is 32.3 Å². The number of rotatable bonds is 8. The van der Waals surface area contributed by atoms with Gasteiger partial charge in [0.25, 0.3) is 0 Å². The highest BCUT2D eigenvalue weighted by atomic mass is 35.5. The van der Waals surface area contributed by atoms with Crippen LogP contribution in [-0.4, -0.2) is 42.7 Å². The third-order valence-electron chi connectivity index (χ3n) is 4.39. The van der Waals surface area contributed by atoms with Gasteiger partial charge in [0, 0.05) is 22.3 Å². The third kappa shape index (κ3) is 6.83. The second kappa shape index (κ2) is 10.5. The van der Waals surface area contributed by atoms with Crippen LogP contribution in [0.3, 0.4) is 0 Å². The van der Waals surface area contributed by atoms with Gasteiger partial charge in [-0.2, -0.15) is 0 Å². The van der Waals surface area contributed by atoms with Crippen molar-refractivity contribution in [2.24, 2.45) is 5.92 Å². The van der Waals surface area contributed by atoms with E-state index in [9.17, 15) is 4.79 Å². The lowest BCUT2D eigenvalue weighted by Gasteiger charge is -2.30. The molecule has 1 heterocycles. The average molecular weight is 389 g/mol. The molecule has 0 radical (unpaired) electrons. The fourth-order valence-electron chi connectivity index (χ4n) is 2.78. The Labute approximate surface area is 159 Å². The summed E-state index contributed by atoms with van der Waals surface area (Å²) in [6.45, 7) is 6.55. The maximum atomic E-state index is 11.9. The van der Waals surface area contributed by atoms with E-state index in [2.05, 4.69) is 17.1 Å². The first kappa shape index (κ1) is 19.9. The van der Waals surface area contributed by atoms with E-state index < -0.39 is 0 Å². The number of likely N-dealkylation sites (tertiary alicyclic amines) is 1. The van der Waals surface area contributed by atoms with E-state index in [0.29, 0.717) is 21.6 Å². The van der Waals surface area contributed by atoms with Crippen molar-refractivity contribution >= 4 is 40.9 Å². The molecule has 1 fully saturated rings. The van der Waals surface area contributed by atoms with Gasteiger partial charge in [0.2, 0.25) is 5.91 Å². The summed E-state index contributed by atoms with van der Waals surface area (Å²) in [6, 6.07) is 5.48. The van der Waals surface area contributed by atoms with E-state index in [4.69, 9.17) is 23.2 Å². The summed E-state index contributed by atoms with van der Waals surface area (Å²) in [7, 11) is 0. The smallest absolute Gasteiger partial charge is 0.230 e. The van der Waals surface area contributed by atoms with Crippen LogP contribution in [0.1, 0.15) is 31.7 Å². The van der Waals surface area contributed by atoms with Crippen molar-refractivity contribution in [2.45, 2.75) is 31.9 Å². The fraction of sp³-hybridized carbons (Fsp3) is 0.611. The molecule has 6 heteroatoms. The second-order valence-corrected chi connectivity index (χ2v) is 8.22. The Morgan fingerprint density at radius 3 is 2.62 bits per heavy atom. The van der Waals surface area contributed by atoms with Crippen molar-refractivity contribution < 1.29 is 4.79 Å². The zero-order valence-corrected chi connectivity index (χ0v) is 16.5. The van der Waals surface area contributed by atoms with Crippen LogP contribution in [-0.2, 0) is 10.5 Å². The van der Waals surface area contributed by atoms with Gasteiger partial charge in [0.1, 0.15) is 0 Å². The number of piperidine rings is 1. The molecule has 1 aliphatic heterocycles. The monoisotopic (exact) mass is 388 g/mol. The normalized spacial score (nSPS) is 16.3. The molecule has 134 valence electrons. The maximum absolute atomic E-state index is 11.9. The molecule has 24 heavy (non-hydrogen) atoms. The first-order valence-corrected chi connectivity index (χ1v) is 10.5. The first-order chi connectivity index (χ1) is 11.6. The van der Waals surface area contributed by atoms with Crippen molar-refractivity contribution in [1.29, 1.82) is 0 Å². The number of nitrogens with zero attached hydrogens (tertiary/aromatic N) is 1. The zero-order valence-electron chi connectivity index (χ0n) is 14.2. The van der Waals surface area contributed by atoms with E-state index >= 15 is 0 Å². The summed E-state index contributed by atoms with van der Waals surface area (Å²) in [4.78, 5) is 14.4. The van der Waals surface area contributed by atoms with Crippen LogP contribution in [0.15, 0.2) is 18.2 Å². The predicted molar refractivity (Wildman–Crippen MR) is 105 cm³/mol. The molecule has 0 atom stereocenters. The Morgan fingerprint density at radius 1 is 1.29 bits per heavy atom. The van der Waals surface area contributed by atoms with Crippen LogP contribution in [0.25, 0.3) is 0 Å². The Bertz CT molecular complexity index is 514. The Morgan fingerprint density at radius 2 is 1.96 bits per heavy atom. The quantitative estimate of drug-likeness (QED) is 0.666.